The molecular weight excluding hydrogens is 256 g/mol. The first-order valence-corrected chi connectivity index (χ1v) is 8.81. The van der Waals surface area contributed by atoms with Gasteiger partial charge in [0.2, 0.25) is 0 Å². The molecule has 1 aromatic rings. The van der Waals surface area contributed by atoms with E-state index in [2.05, 4.69) is 43.2 Å². The smallest absolute Gasteiger partial charge is 0.0299 e. The summed E-state index contributed by atoms with van der Waals surface area (Å²) in [6.45, 7) is 8.27. The fourth-order valence-corrected chi connectivity index (χ4v) is 4.04. The van der Waals surface area contributed by atoms with Crippen molar-refractivity contribution in [1.29, 1.82) is 0 Å². The van der Waals surface area contributed by atoms with E-state index in [1.807, 2.05) is 12.4 Å². The molecule has 1 saturated carbocycles. The minimum Gasteiger partial charge on any atom is -0.314 e. The Labute approximate surface area is 130 Å². The summed E-state index contributed by atoms with van der Waals surface area (Å²) in [5.41, 5.74) is 1.37. The van der Waals surface area contributed by atoms with Crippen LogP contribution in [0.1, 0.15) is 58.4 Å². The van der Waals surface area contributed by atoms with E-state index in [-0.39, 0.29) is 0 Å². The zero-order valence-electron chi connectivity index (χ0n) is 14.0. The van der Waals surface area contributed by atoms with Crippen molar-refractivity contribution < 1.29 is 0 Å². The number of pyridine rings is 1. The zero-order valence-corrected chi connectivity index (χ0v) is 14.0. The molecule has 118 valence electrons. The Hall–Kier alpha value is -0.890. The van der Waals surface area contributed by atoms with Crippen LogP contribution in [0.25, 0.3) is 0 Å². The third-order valence-electron chi connectivity index (χ3n) is 4.91. The number of nitrogens with one attached hydrogen (secondary N) is 1. The first kappa shape index (κ1) is 16.5. The van der Waals surface area contributed by atoms with E-state index in [1.165, 1.54) is 37.7 Å². The molecule has 21 heavy (non-hydrogen) atoms. The fraction of sp³-hybridized carbons (Fsp3) is 0.737. The predicted molar refractivity (Wildman–Crippen MR) is 90.3 cm³/mol. The summed E-state index contributed by atoms with van der Waals surface area (Å²) in [5, 5.41) is 3.83. The average Bonchev–Trinajstić information content (AvgIpc) is 2.47. The van der Waals surface area contributed by atoms with E-state index in [9.17, 15) is 0 Å². The Kier molecular flexibility index (Phi) is 6.69. The topological polar surface area (TPSA) is 24.9 Å². The normalized spacial score (nSPS) is 27.5. The Morgan fingerprint density at radius 2 is 2.00 bits per heavy atom. The molecule has 1 fully saturated rings. The molecule has 0 bridgehead atoms. The summed E-state index contributed by atoms with van der Waals surface area (Å²) < 4.78 is 0. The van der Waals surface area contributed by atoms with Crippen molar-refractivity contribution in [2.45, 2.75) is 65.3 Å². The molecule has 3 unspecified atom stereocenters. The van der Waals surface area contributed by atoms with Crippen LogP contribution in [0, 0.1) is 17.8 Å². The Bertz CT molecular complexity index is 380. The third kappa shape index (κ3) is 5.43. The number of aromatic nitrogens is 1. The molecule has 2 heteroatoms. The average molecular weight is 288 g/mol. The molecule has 0 aromatic carbocycles. The summed E-state index contributed by atoms with van der Waals surface area (Å²) >= 11 is 0. The molecule has 0 aliphatic heterocycles. The second-order valence-electron chi connectivity index (χ2n) is 7.14. The van der Waals surface area contributed by atoms with Crippen molar-refractivity contribution in [2.24, 2.45) is 17.8 Å². The molecular formula is C19H32N2. The van der Waals surface area contributed by atoms with E-state index >= 15 is 0 Å². The first-order valence-electron chi connectivity index (χ1n) is 8.81. The maximum atomic E-state index is 4.24. The van der Waals surface area contributed by atoms with Gasteiger partial charge < -0.3 is 5.32 Å². The van der Waals surface area contributed by atoms with Gasteiger partial charge in [0.05, 0.1) is 0 Å². The van der Waals surface area contributed by atoms with Gasteiger partial charge in [-0.25, -0.2) is 0 Å². The molecule has 1 aliphatic carbocycles. The van der Waals surface area contributed by atoms with Crippen molar-refractivity contribution in [3.63, 3.8) is 0 Å². The van der Waals surface area contributed by atoms with Gasteiger partial charge in [0.1, 0.15) is 0 Å². The standard InChI is InChI=1S/C19H32N2/c1-4-9-21-19(8-7-17-6-5-10-20-14-17)18-12-15(2)11-16(3)13-18/h5-6,10,14-16,18-19,21H,4,7-9,11-13H2,1-3H3. The minimum absolute atomic E-state index is 0.676. The molecule has 0 spiro atoms. The monoisotopic (exact) mass is 288 g/mol. The second kappa shape index (κ2) is 8.53. The van der Waals surface area contributed by atoms with Crippen LogP contribution in [0.3, 0.4) is 0 Å². The van der Waals surface area contributed by atoms with Crippen LogP contribution in [-0.2, 0) is 6.42 Å². The summed E-state index contributed by atoms with van der Waals surface area (Å²) in [5.74, 6) is 2.64. The van der Waals surface area contributed by atoms with E-state index in [0.29, 0.717) is 6.04 Å². The number of hydrogen-bond donors (Lipinski definition) is 1. The fourth-order valence-electron chi connectivity index (χ4n) is 4.04. The molecule has 2 rings (SSSR count). The molecule has 1 N–H and O–H groups in total. The third-order valence-corrected chi connectivity index (χ3v) is 4.91. The summed E-state index contributed by atoms with van der Waals surface area (Å²) in [6, 6.07) is 4.93. The van der Waals surface area contributed by atoms with Crippen LogP contribution >= 0.6 is 0 Å². The maximum absolute atomic E-state index is 4.24. The van der Waals surface area contributed by atoms with Crippen LogP contribution in [0.15, 0.2) is 24.5 Å². The van der Waals surface area contributed by atoms with Crippen molar-refractivity contribution in [2.75, 3.05) is 6.54 Å². The molecule has 3 atom stereocenters. The predicted octanol–water partition coefficient (Wildman–Crippen LogP) is 4.45. The lowest BCUT2D eigenvalue weighted by molar-refractivity contribution is 0.171. The van der Waals surface area contributed by atoms with Gasteiger partial charge in [-0.1, -0.05) is 26.8 Å². The highest BCUT2D eigenvalue weighted by atomic mass is 14.9. The number of hydrogen-bond acceptors (Lipinski definition) is 2. The van der Waals surface area contributed by atoms with Crippen LogP contribution in [-0.4, -0.2) is 17.6 Å². The zero-order chi connectivity index (χ0) is 15.1. The highest BCUT2D eigenvalue weighted by Gasteiger charge is 2.29. The van der Waals surface area contributed by atoms with E-state index < -0.39 is 0 Å². The highest BCUT2D eigenvalue weighted by Crippen LogP contribution is 2.35. The van der Waals surface area contributed by atoms with Gasteiger partial charge in [0.25, 0.3) is 0 Å². The molecule has 1 aromatic heterocycles. The summed E-state index contributed by atoms with van der Waals surface area (Å²) in [6.07, 6.45) is 11.7. The van der Waals surface area contributed by atoms with Gasteiger partial charge in [0, 0.05) is 18.4 Å². The van der Waals surface area contributed by atoms with Gasteiger partial charge in [-0.2, -0.15) is 0 Å². The first-order chi connectivity index (χ1) is 10.2. The maximum Gasteiger partial charge on any atom is 0.0299 e. The molecule has 1 heterocycles. The van der Waals surface area contributed by atoms with Crippen molar-refractivity contribution in [3.05, 3.63) is 30.1 Å². The quantitative estimate of drug-likeness (QED) is 0.801. The van der Waals surface area contributed by atoms with Gasteiger partial charge in [-0.05, 0) is 74.5 Å². The Balaban J connectivity index is 1.93. The van der Waals surface area contributed by atoms with Crippen LogP contribution < -0.4 is 5.32 Å². The Morgan fingerprint density at radius 3 is 2.62 bits per heavy atom. The number of rotatable bonds is 7. The Morgan fingerprint density at radius 1 is 1.24 bits per heavy atom. The largest absolute Gasteiger partial charge is 0.314 e. The van der Waals surface area contributed by atoms with E-state index in [0.717, 1.165) is 30.7 Å². The van der Waals surface area contributed by atoms with Crippen molar-refractivity contribution >= 4 is 0 Å². The van der Waals surface area contributed by atoms with Crippen molar-refractivity contribution in [1.82, 2.24) is 10.3 Å². The minimum atomic E-state index is 0.676. The molecule has 0 radical (unpaired) electrons. The molecule has 1 aliphatic rings. The SMILES string of the molecule is CCCNC(CCc1cccnc1)C1CC(C)CC(C)C1. The van der Waals surface area contributed by atoms with Gasteiger partial charge in [-0.3, -0.25) is 4.98 Å². The lowest BCUT2D eigenvalue weighted by Crippen LogP contribution is -2.40. The molecule has 2 nitrogen and oxygen atoms in total. The van der Waals surface area contributed by atoms with Gasteiger partial charge in [-0.15, -0.1) is 0 Å². The summed E-state index contributed by atoms with van der Waals surface area (Å²) in [7, 11) is 0. The van der Waals surface area contributed by atoms with E-state index in [1.54, 1.807) is 0 Å². The summed E-state index contributed by atoms with van der Waals surface area (Å²) in [4.78, 5) is 4.24. The molecule has 0 saturated heterocycles. The van der Waals surface area contributed by atoms with Gasteiger partial charge in [0.15, 0.2) is 0 Å². The number of aryl methyl sites for hydroxylation is 1. The second-order valence-corrected chi connectivity index (χ2v) is 7.14. The lowest BCUT2D eigenvalue weighted by atomic mass is 9.73. The van der Waals surface area contributed by atoms with Crippen LogP contribution in [0.2, 0.25) is 0 Å². The number of nitrogens with zero attached hydrogens (tertiary/aromatic N) is 1. The van der Waals surface area contributed by atoms with Gasteiger partial charge >= 0.3 is 0 Å². The van der Waals surface area contributed by atoms with Crippen LogP contribution in [0.4, 0.5) is 0 Å². The van der Waals surface area contributed by atoms with E-state index in [4.69, 9.17) is 0 Å². The highest BCUT2D eigenvalue weighted by molar-refractivity contribution is 5.08. The lowest BCUT2D eigenvalue weighted by Gasteiger charge is -2.37. The van der Waals surface area contributed by atoms with Crippen LogP contribution in [0.5, 0.6) is 0 Å². The molecule has 0 amide bonds. The van der Waals surface area contributed by atoms with Crippen molar-refractivity contribution in [3.8, 4) is 0 Å².